The third-order valence-electron chi connectivity index (χ3n) is 2.79. The number of halogens is 1. The standard InChI is InChI=1S/C13H13IN2O2/c1-8-10(14)3-2-4-11(8)16-7-12-9(13(17)18)5-6-15-12/h2-6,15-16H,7H2,1H3,(H,17,18). The second kappa shape index (κ2) is 5.43. The molecule has 5 heteroatoms. The monoisotopic (exact) mass is 356 g/mol. The van der Waals surface area contributed by atoms with Crippen LogP contribution < -0.4 is 5.32 Å². The van der Waals surface area contributed by atoms with Crippen molar-refractivity contribution in [3.63, 3.8) is 0 Å². The molecule has 3 N–H and O–H groups in total. The SMILES string of the molecule is Cc1c(I)cccc1NCc1[nH]ccc1C(=O)O. The molecule has 0 amide bonds. The van der Waals surface area contributed by atoms with Crippen LogP contribution in [0, 0.1) is 10.5 Å². The first-order valence-electron chi connectivity index (χ1n) is 5.48. The molecule has 0 unspecified atom stereocenters. The van der Waals surface area contributed by atoms with E-state index < -0.39 is 5.97 Å². The molecule has 2 aromatic rings. The molecule has 18 heavy (non-hydrogen) atoms. The van der Waals surface area contributed by atoms with Crippen LogP contribution in [0.1, 0.15) is 21.6 Å². The zero-order valence-corrected chi connectivity index (χ0v) is 12.0. The Morgan fingerprint density at radius 2 is 2.22 bits per heavy atom. The first-order valence-corrected chi connectivity index (χ1v) is 6.56. The van der Waals surface area contributed by atoms with E-state index in [1.807, 2.05) is 25.1 Å². The summed E-state index contributed by atoms with van der Waals surface area (Å²) in [5.41, 5.74) is 3.18. The van der Waals surface area contributed by atoms with Gasteiger partial charge in [0.25, 0.3) is 0 Å². The van der Waals surface area contributed by atoms with E-state index in [2.05, 4.69) is 32.9 Å². The Morgan fingerprint density at radius 3 is 2.94 bits per heavy atom. The number of anilines is 1. The Labute approximate surface area is 119 Å². The van der Waals surface area contributed by atoms with Gasteiger partial charge in [-0.15, -0.1) is 0 Å². The van der Waals surface area contributed by atoms with Crippen LogP contribution in [0.15, 0.2) is 30.5 Å². The molecule has 0 aliphatic carbocycles. The Hall–Kier alpha value is -1.50. The van der Waals surface area contributed by atoms with Crippen LogP contribution in [0.4, 0.5) is 5.69 Å². The molecule has 0 aliphatic rings. The number of aromatic carboxylic acids is 1. The number of rotatable bonds is 4. The molecule has 4 nitrogen and oxygen atoms in total. The molecule has 0 spiro atoms. The molecule has 2 rings (SSSR count). The molecular formula is C13H13IN2O2. The second-order valence-electron chi connectivity index (χ2n) is 3.94. The maximum atomic E-state index is 11.0. The van der Waals surface area contributed by atoms with Gasteiger partial charge in [0.05, 0.1) is 12.1 Å². The summed E-state index contributed by atoms with van der Waals surface area (Å²) in [6.45, 7) is 2.51. The van der Waals surface area contributed by atoms with E-state index in [1.165, 1.54) is 9.13 Å². The number of nitrogens with one attached hydrogen (secondary N) is 2. The minimum Gasteiger partial charge on any atom is -0.478 e. The summed E-state index contributed by atoms with van der Waals surface area (Å²) in [6.07, 6.45) is 1.64. The van der Waals surface area contributed by atoms with Gasteiger partial charge < -0.3 is 15.4 Å². The van der Waals surface area contributed by atoms with Gasteiger partial charge in [-0.3, -0.25) is 0 Å². The Morgan fingerprint density at radius 1 is 1.44 bits per heavy atom. The summed E-state index contributed by atoms with van der Waals surface area (Å²) in [4.78, 5) is 13.9. The molecule has 1 heterocycles. The summed E-state index contributed by atoms with van der Waals surface area (Å²) in [5.74, 6) is -0.910. The summed E-state index contributed by atoms with van der Waals surface area (Å²) >= 11 is 2.28. The Kier molecular flexibility index (Phi) is 3.90. The molecule has 0 bridgehead atoms. The van der Waals surface area contributed by atoms with Crippen LogP contribution in [0.2, 0.25) is 0 Å². The maximum Gasteiger partial charge on any atom is 0.337 e. The number of H-pyrrole nitrogens is 1. The second-order valence-corrected chi connectivity index (χ2v) is 5.10. The van der Waals surface area contributed by atoms with E-state index in [4.69, 9.17) is 5.11 Å². The van der Waals surface area contributed by atoms with E-state index >= 15 is 0 Å². The van der Waals surface area contributed by atoms with Gasteiger partial charge in [-0.2, -0.15) is 0 Å². The third kappa shape index (κ3) is 2.66. The zero-order chi connectivity index (χ0) is 13.1. The molecule has 0 fully saturated rings. The van der Waals surface area contributed by atoms with Gasteiger partial charge >= 0.3 is 5.97 Å². The highest BCUT2D eigenvalue weighted by molar-refractivity contribution is 14.1. The van der Waals surface area contributed by atoms with Crippen molar-refractivity contribution in [2.75, 3.05) is 5.32 Å². The van der Waals surface area contributed by atoms with E-state index in [0.717, 1.165) is 5.69 Å². The number of aromatic nitrogens is 1. The van der Waals surface area contributed by atoms with E-state index in [0.29, 0.717) is 17.8 Å². The first kappa shape index (κ1) is 12.9. The highest BCUT2D eigenvalue weighted by atomic mass is 127. The number of hydrogen-bond acceptors (Lipinski definition) is 2. The lowest BCUT2D eigenvalue weighted by molar-refractivity contribution is 0.0696. The minimum atomic E-state index is -0.910. The van der Waals surface area contributed by atoms with Crippen LogP contribution >= 0.6 is 22.6 Å². The lowest BCUT2D eigenvalue weighted by atomic mass is 10.2. The van der Waals surface area contributed by atoms with Gasteiger partial charge in [-0.05, 0) is 53.3 Å². The molecule has 0 saturated heterocycles. The molecule has 0 radical (unpaired) electrons. The highest BCUT2D eigenvalue weighted by Crippen LogP contribution is 2.21. The molecule has 1 aromatic heterocycles. The van der Waals surface area contributed by atoms with Gasteiger partial charge in [0.2, 0.25) is 0 Å². The van der Waals surface area contributed by atoms with E-state index in [-0.39, 0.29) is 0 Å². The van der Waals surface area contributed by atoms with Crippen molar-refractivity contribution in [2.24, 2.45) is 0 Å². The van der Waals surface area contributed by atoms with Crippen LogP contribution in [-0.4, -0.2) is 16.1 Å². The summed E-state index contributed by atoms with van der Waals surface area (Å²) in [7, 11) is 0. The largest absolute Gasteiger partial charge is 0.478 e. The average Bonchev–Trinajstić information content (AvgIpc) is 2.79. The predicted molar refractivity (Wildman–Crippen MR) is 79.0 cm³/mol. The summed E-state index contributed by atoms with van der Waals surface area (Å²) in [5, 5.41) is 12.3. The molecular weight excluding hydrogens is 343 g/mol. The fourth-order valence-corrected chi connectivity index (χ4v) is 2.23. The average molecular weight is 356 g/mol. The van der Waals surface area contributed by atoms with Gasteiger partial charge in [0, 0.05) is 21.1 Å². The number of benzene rings is 1. The highest BCUT2D eigenvalue weighted by Gasteiger charge is 2.10. The van der Waals surface area contributed by atoms with Gasteiger partial charge in [0.1, 0.15) is 0 Å². The quantitative estimate of drug-likeness (QED) is 0.737. The van der Waals surface area contributed by atoms with E-state index in [9.17, 15) is 4.79 Å². The topological polar surface area (TPSA) is 65.1 Å². The zero-order valence-electron chi connectivity index (χ0n) is 9.83. The van der Waals surface area contributed by atoms with Gasteiger partial charge in [-0.1, -0.05) is 6.07 Å². The number of carboxylic acid groups (broad SMARTS) is 1. The van der Waals surface area contributed by atoms with Gasteiger partial charge in [0.15, 0.2) is 0 Å². The molecule has 0 saturated carbocycles. The smallest absolute Gasteiger partial charge is 0.337 e. The van der Waals surface area contributed by atoms with Crippen molar-refractivity contribution in [1.29, 1.82) is 0 Å². The Balaban J connectivity index is 2.14. The number of aromatic amines is 1. The normalized spacial score (nSPS) is 10.3. The number of carbonyl (C=O) groups is 1. The van der Waals surface area contributed by atoms with Crippen LogP contribution in [0.3, 0.4) is 0 Å². The first-order chi connectivity index (χ1) is 8.59. The van der Waals surface area contributed by atoms with Crippen LogP contribution in [-0.2, 0) is 6.54 Å². The van der Waals surface area contributed by atoms with Crippen molar-refractivity contribution in [1.82, 2.24) is 4.98 Å². The predicted octanol–water partition coefficient (Wildman–Crippen LogP) is 3.24. The number of hydrogen-bond donors (Lipinski definition) is 3. The maximum absolute atomic E-state index is 11.0. The third-order valence-corrected chi connectivity index (χ3v) is 3.96. The lowest BCUT2D eigenvalue weighted by Gasteiger charge is -2.10. The van der Waals surface area contributed by atoms with Gasteiger partial charge in [-0.25, -0.2) is 4.79 Å². The van der Waals surface area contributed by atoms with Crippen molar-refractivity contribution in [3.8, 4) is 0 Å². The fraction of sp³-hybridized carbons (Fsp3) is 0.154. The van der Waals surface area contributed by atoms with Crippen molar-refractivity contribution in [3.05, 3.63) is 50.9 Å². The molecule has 0 atom stereocenters. The lowest BCUT2D eigenvalue weighted by Crippen LogP contribution is -2.07. The minimum absolute atomic E-state index is 0.311. The van der Waals surface area contributed by atoms with Crippen LogP contribution in [0.5, 0.6) is 0 Å². The Bertz CT molecular complexity index is 578. The molecule has 0 aliphatic heterocycles. The van der Waals surface area contributed by atoms with Crippen molar-refractivity contribution in [2.45, 2.75) is 13.5 Å². The van der Waals surface area contributed by atoms with Crippen LogP contribution in [0.25, 0.3) is 0 Å². The van der Waals surface area contributed by atoms with E-state index in [1.54, 1.807) is 12.3 Å². The fourth-order valence-electron chi connectivity index (χ4n) is 1.73. The number of carboxylic acids is 1. The summed E-state index contributed by atoms with van der Waals surface area (Å²) < 4.78 is 1.18. The molecule has 1 aromatic carbocycles. The molecule has 94 valence electrons. The van der Waals surface area contributed by atoms with Crippen molar-refractivity contribution < 1.29 is 9.90 Å². The van der Waals surface area contributed by atoms with Crippen molar-refractivity contribution >= 4 is 34.2 Å². The summed E-state index contributed by atoms with van der Waals surface area (Å²) in [6, 6.07) is 7.57.